The van der Waals surface area contributed by atoms with E-state index in [1.807, 2.05) is 24.3 Å². The van der Waals surface area contributed by atoms with Gasteiger partial charge in [-0.1, -0.05) is 48.5 Å². The third-order valence-corrected chi connectivity index (χ3v) is 5.54. The van der Waals surface area contributed by atoms with Crippen molar-refractivity contribution in [3.63, 3.8) is 0 Å². The number of nitrogens with one attached hydrogen (secondary N) is 1. The van der Waals surface area contributed by atoms with Crippen LogP contribution >= 0.6 is 0 Å². The second-order valence-corrected chi connectivity index (χ2v) is 7.08. The fraction of sp³-hybridized carbons (Fsp3) is 0.0870. The van der Waals surface area contributed by atoms with E-state index in [2.05, 4.69) is 4.98 Å². The van der Waals surface area contributed by atoms with E-state index in [9.17, 15) is 14.7 Å². The summed E-state index contributed by atoms with van der Waals surface area (Å²) in [7, 11) is 1.46. The number of phenolic OH excluding ortho intramolecular Hbond substituents is 1. The molecule has 0 saturated heterocycles. The van der Waals surface area contributed by atoms with Gasteiger partial charge in [0.05, 0.1) is 11.0 Å². The fourth-order valence-electron chi connectivity index (χ4n) is 4.17. The Balaban J connectivity index is 1.97. The minimum Gasteiger partial charge on any atom is -0.508 e. The molecule has 4 aromatic rings. The van der Waals surface area contributed by atoms with Crippen molar-refractivity contribution in [2.75, 3.05) is 7.05 Å². The zero-order valence-corrected chi connectivity index (χ0v) is 15.6. The number of aromatic hydroxyl groups is 1. The average molecular weight is 383 g/mol. The van der Waals surface area contributed by atoms with E-state index < -0.39 is 11.3 Å². The van der Waals surface area contributed by atoms with Crippen LogP contribution in [0, 0.1) is 0 Å². The molecular weight excluding hydrogens is 366 g/mol. The number of likely N-dealkylation sites (N-methyl/N-ethyl adjacent to an activating group) is 1. The van der Waals surface area contributed by atoms with Gasteiger partial charge in [-0.2, -0.15) is 0 Å². The lowest BCUT2D eigenvalue weighted by atomic mass is 9.68. The van der Waals surface area contributed by atoms with E-state index in [1.54, 1.807) is 42.5 Å². The Kier molecular flexibility index (Phi) is 3.58. The fourth-order valence-corrected chi connectivity index (χ4v) is 4.17. The molecule has 6 nitrogen and oxygen atoms in total. The normalized spacial score (nSPS) is 18.9. The Morgan fingerprint density at radius 2 is 1.55 bits per heavy atom. The van der Waals surface area contributed by atoms with Crippen LogP contribution in [0.25, 0.3) is 11.0 Å². The molecule has 29 heavy (non-hydrogen) atoms. The highest BCUT2D eigenvalue weighted by Crippen LogP contribution is 2.47. The van der Waals surface area contributed by atoms with Gasteiger partial charge in [0.15, 0.2) is 5.41 Å². The maximum atomic E-state index is 13.8. The quantitative estimate of drug-likeness (QED) is 0.521. The number of H-pyrrole nitrogens is 1. The Bertz CT molecular complexity index is 1260. The summed E-state index contributed by atoms with van der Waals surface area (Å²) >= 11 is 0. The number of aromatic nitrogens is 2. The van der Waals surface area contributed by atoms with Crippen molar-refractivity contribution >= 4 is 22.8 Å². The molecule has 0 spiro atoms. The Labute approximate surface area is 166 Å². The van der Waals surface area contributed by atoms with Gasteiger partial charge in [0, 0.05) is 18.2 Å². The third kappa shape index (κ3) is 2.20. The van der Waals surface area contributed by atoms with Gasteiger partial charge in [-0.25, -0.2) is 4.98 Å². The molecule has 1 aliphatic rings. The van der Waals surface area contributed by atoms with Crippen molar-refractivity contribution < 1.29 is 14.7 Å². The molecule has 1 unspecified atom stereocenters. The molecule has 1 aliphatic heterocycles. The maximum Gasteiger partial charge on any atom is 0.260 e. The summed E-state index contributed by atoms with van der Waals surface area (Å²) in [5.74, 6) is -0.537. The van der Waals surface area contributed by atoms with Gasteiger partial charge in [-0.3, -0.25) is 14.5 Å². The van der Waals surface area contributed by atoms with E-state index in [1.165, 1.54) is 13.1 Å². The molecule has 5 rings (SSSR count). The van der Waals surface area contributed by atoms with Crippen LogP contribution in [0.5, 0.6) is 5.75 Å². The molecule has 3 aromatic carbocycles. The summed E-state index contributed by atoms with van der Waals surface area (Å²) < 4.78 is 0. The summed E-state index contributed by atoms with van der Waals surface area (Å²) in [4.78, 5) is 35.7. The molecule has 0 bridgehead atoms. The smallest absolute Gasteiger partial charge is 0.260 e. The van der Waals surface area contributed by atoms with Crippen LogP contribution < -0.4 is 0 Å². The van der Waals surface area contributed by atoms with Crippen LogP contribution in [-0.2, 0) is 10.2 Å². The summed E-state index contributed by atoms with van der Waals surface area (Å²) in [5, 5.41) is 10.8. The average Bonchev–Trinajstić information content (AvgIpc) is 3.18. The van der Waals surface area contributed by atoms with Crippen LogP contribution in [0.1, 0.15) is 27.3 Å². The zero-order chi connectivity index (χ0) is 20.2. The number of carbonyl (C=O) groups is 2. The number of phenols is 1. The number of nitrogens with zero attached hydrogens (tertiary/aromatic N) is 2. The van der Waals surface area contributed by atoms with Crippen molar-refractivity contribution in [3.8, 4) is 5.75 Å². The maximum absolute atomic E-state index is 13.8. The lowest BCUT2D eigenvalue weighted by Gasteiger charge is -2.39. The van der Waals surface area contributed by atoms with E-state index in [-0.39, 0.29) is 11.7 Å². The summed E-state index contributed by atoms with van der Waals surface area (Å²) in [5.41, 5.74) is 1.25. The van der Waals surface area contributed by atoms with Gasteiger partial charge in [0.1, 0.15) is 11.6 Å². The molecule has 0 fully saturated rings. The van der Waals surface area contributed by atoms with Crippen molar-refractivity contribution in [3.05, 3.63) is 95.3 Å². The van der Waals surface area contributed by atoms with E-state index >= 15 is 0 Å². The first kappa shape index (κ1) is 17.2. The predicted molar refractivity (Wildman–Crippen MR) is 108 cm³/mol. The number of benzene rings is 3. The van der Waals surface area contributed by atoms with Crippen molar-refractivity contribution in [1.82, 2.24) is 14.9 Å². The number of amides is 2. The number of carbonyl (C=O) groups excluding carboxylic acids is 2. The Morgan fingerprint density at radius 3 is 2.31 bits per heavy atom. The highest BCUT2D eigenvalue weighted by atomic mass is 16.3. The van der Waals surface area contributed by atoms with Crippen molar-refractivity contribution in [2.24, 2.45) is 0 Å². The van der Waals surface area contributed by atoms with Crippen molar-refractivity contribution in [1.29, 1.82) is 0 Å². The summed E-state index contributed by atoms with van der Waals surface area (Å²) in [6.45, 7) is 0. The Morgan fingerprint density at radius 1 is 0.897 bits per heavy atom. The third-order valence-electron chi connectivity index (χ3n) is 5.54. The van der Waals surface area contributed by atoms with Gasteiger partial charge >= 0.3 is 0 Å². The first-order valence-electron chi connectivity index (χ1n) is 9.21. The van der Waals surface area contributed by atoms with E-state index in [4.69, 9.17) is 4.98 Å². The van der Waals surface area contributed by atoms with Crippen molar-refractivity contribution in [2.45, 2.75) is 5.41 Å². The standard InChI is InChI=1S/C23H17N3O3/c1-26-20(28)14-8-2-3-9-15(14)23(22(26)29,16-10-4-7-13-19(16)27)21-24-17-11-5-6-12-18(17)25-21/h2-13,27H,1H3,(H,24,25). The second-order valence-electron chi connectivity index (χ2n) is 7.08. The number of fused-ring (bicyclic) bond motifs is 2. The lowest BCUT2D eigenvalue weighted by Crippen LogP contribution is -2.54. The molecule has 2 heterocycles. The van der Waals surface area contributed by atoms with Gasteiger partial charge in [-0.15, -0.1) is 0 Å². The Hall–Kier alpha value is -3.93. The number of imide groups is 1. The van der Waals surface area contributed by atoms with Crippen LogP contribution in [0.15, 0.2) is 72.8 Å². The monoisotopic (exact) mass is 383 g/mol. The topological polar surface area (TPSA) is 86.3 Å². The largest absolute Gasteiger partial charge is 0.508 e. The molecule has 1 atom stereocenters. The second kappa shape index (κ2) is 6.04. The molecule has 142 valence electrons. The lowest BCUT2D eigenvalue weighted by molar-refractivity contribution is -0.131. The number of hydrogen-bond acceptors (Lipinski definition) is 4. The van der Waals surface area contributed by atoms with Gasteiger partial charge in [0.25, 0.3) is 11.8 Å². The van der Waals surface area contributed by atoms with Crippen LogP contribution in [0.3, 0.4) is 0 Å². The number of hydrogen-bond donors (Lipinski definition) is 2. The van der Waals surface area contributed by atoms with Crippen LogP contribution in [0.2, 0.25) is 0 Å². The zero-order valence-electron chi connectivity index (χ0n) is 15.6. The predicted octanol–water partition coefficient (Wildman–Crippen LogP) is 3.22. The minimum absolute atomic E-state index is 0.0427. The minimum atomic E-state index is -1.48. The molecule has 1 aromatic heterocycles. The van der Waals surface area contributed by atoms with Crippen LogP contribution in [0.4, 0.5) is 0 Å². The molecule has 6 heteroatoms. The van der Waals surface area contributed by atoms with Gasteiger partial charge in [0.2, 0.25) is 0 Å². The highest BCUT2D eigenvalue weighted by molar-refractivity contribution is 6.15. The number of para-hydroxylation sites is 3. The molecule has 0 aliphatic carbocycles. The number of rotatable bonds is 2. The highest BCUT2D eigenvalue weighted by Gasteiger charge is 2.55. The molecule has 0 radical (unpaired) electrons. The first-order chi connectivity index (χ1) is 14.0. The van der Waals surface area contributed by atoms with E-state index in [0.717, 1.165) is 10.4 Å². The molecule has 2 N–H and O–H groups in total. The van der Waals surface area contributed by atoms with E-state index in [0.29, 0.717) is 28.0 Å². The van der Waals surface area contributed by atoms with Gasteiger partial charge < -0.3 is 10.1 Å². The molecule has 2 amide bonds. The summed E-state index contributed by atoms with van der Waals surface area (Å²) in [6, 6.07) is 21.1. The van der Waals surface area contributed by atoms with Gasteiger partial charge in [-0.05, 0) is 29.8 Å². The first-order valence-corrected chi connectivity index (χ1v) is 9.21. The van der Waals surface area contributed by atoms with Crippen LogP contribution in [-0.4, -0.2) is 38.8 Å². The molecular formula is C23H17N3O3. The number of imidazole rings is 1. The number of aromatic amines is 1. The SMILES string of the molecule is CN1C(=O)c2ccccc2C(c2nc3ccccc3[nH]2)(c2ccccc2O)C1=O. The summed E-state index contributed by atoms with van der Waals surface area (Å²) in [6.07, 6.45) is 0. The molecule has 0 saturated carbocycles.